The van der Waals surface area contributed by atoms with Gasteiger partial charge in [0.25, 0.3) is 0 Å². The van der Waals surface area contributed by atoms with Crippen LogP contribution in [0.1, 0.15) is 33.8 Å². The van der Waals surface area contributed by atoms with Gasteiger partial charge in [0.2, 0.25) is 10.0 Å². The molecule has 0 aromatic heterocycles. The first-order valence-corrected chi connectivity index (χ1v) is 11.0. The zero-order valence-electron chi connectivity index (χ0n) is 16.3. The maximum Gasteiger partial charge on any atom is 0.338 e. The average molecular weight is 413 g/mol. The first-order chi connectivity index (χ1) is 13.9. The number of methoxy groups -OCH3 is 1. The number of carbonyl (C=O) groups is 1. The van der Waals surface area contributed by atoms with Gasteiger partial charge in [0.15, 0.2) is 0 Å². The normalized spacial score (nSPS) is 25.0. The topological polar surface area (TPSA) is 81.7 Å². The Bertz CT molecular complexity index is 1060. The fraction of sp³-hybridized carbons (Fsp3) is 0.318. The monoisotopic (exact) mass is 413 g/mol. The Balaban J connectivity index is 1.67. The van der Waals surface area contributed by atoms with E-state index in [1.807, 2.05) is 43.3 Å². The van der Waals surface area contributed by atoms with Crippen molar-refractivity contribution in [3.05, 3.63) is 76.9 Å². The van der Waals surface area contributed by atoms with Crippen molar-refractivity contribution in [3.8, 4) is 5.75 Å². The third kappa shape index (κ3) is 3.93. The number of ether oxygens (including phenoxy) is 2. The molecule has 1 aliphatic carbocycles. The predicted octanol–water partition coefficient (Wildman–Crippen LogP) is 2.94. The SMILES string of the molecule is COc1ccc(C2C=C3CNS(=O)(=O)C3CC2OC(=O)c2cccc(C)c2)cc1. The summed E-state index contributed by atoms with van der Waals surface area (Å²) in [6, 6.07) is 14.7. The molecule has 0 radical (unpaired) electrons. The van der Waals surface area contributed by atoms with E-state index in [1.165, 1.54) is 0 Å². The van der Waals surface area contributed by atoms with Crippen LogP contribution in [0.3, 0.4) is 0 Å². The molecule has 0 spiro atoms. The van der Waals surface area contributed by atoms with Gasteiger partial charge >= 0.3 is 5.97 Å². The molecule has 2 aromatic rings. The number of hydrogen-bond donors (Lipinski definition) is 1. The third-order valence-electron chi connectivity index (χ3n) is 5.52. The van der Waals surface area contributed by atoms with E-state index in [4.69, 9.17) is 9.47 Å². The summed E-state index contributed by atoms with van der Waals surface area (Å²) in [5.74, 6) is 0.0573. The van der Waals surface area contributed by atoms with E-state index in [1.54, 1.807) is 25.3 Å². The van der Waals surface area contributed by atoms with Crippen molar-refractivity contribution in [3.63, 3.8) is 0 Å². The summed E-state index contributed by atoms with van der Waals surface area (Å²) in [5, 5.41) is -0.660. The molecule has 1 aliphatic heterocycles. The zero-order valence-corrected chi connectivity index (χ0v) is 17.1. The maximum absolute atomic E-state index is 12.8. The van der Waals surface area contributed by atoms with Gasteiger partial charge in [0, 0.05) is 18.9 Å². The number of sulfonamides is 1. The summed E-state index contributed by atoms with van der Waals surface area (Å²) in [6.45, 7) is 2.21. The molecule has 29 heavy (non-hydrogen) atoms. The van der Waals surface area contributed by atoms with Crippen molar-refractivity contribution in [1.82, 2.24) is 4.72 Å². The Hall–Kier alpha value is -2.64. The highest BCUT2D eigenvalue weighted by atomic mass is 32.2. The summed E-state index contributed by atoms with van der Waals surface area (Å²) in [6.07, 6.45) is 1.58. The number of benzene rings is 2. The molecule has 4 rings (SSSR count). The molecule has 1 N–H and O–H groups in total. The zero-order chi connectivity index (χ0) is 20.6. The molecule has 0 saturated carbocycles. The highest BCUT2D eigenvalue weighted by Crippen LogP contribution is 2.39. The first-order valence-electron chi connectivity index (χ1n) is 9.48. The van der Waals surface area contributed by atoms with Crippen LogP contribution in [0.4, 0.5) is 0 Å². The Morgan fingerprint density at radius 3 is 2.59 bits per heavy atom. The van der Waals surface area contributed by atoms with Gasteiger partial charge in [-0.1, -0.05) is 35.9 Å². The Morgan fingerprint density at radius 2 is 1.90 bits per heavy atom. The summed E-state index contributed by atoms with van der Waals surface area (Å²) in [4.78, 5) is 12.8. The molecular formula is C22H23NO5S. The number of nitrogens with one attached hydrogen (secondary N) is 1. The van der Waals surface area contributed by atoms with Crippen LogP contribution in [-0.2, 0) is 14.8 Å². The molecule has 152 valence electrons. The fourth-order valence-electron chi connectivity index (χ4n) is 3.97. The second-order valence-electron chi connectivity index (χ2n) is 7.44. The van der Waals surface area contributed by atoms with Gasteiger partial charge in [0.1, 0.15) is 17.1 Å². The number of fused-ring (bicyclic) bond motifs is 1. The van der Waals surface area contributed by atoms with Gasteiger partial charge in [-0.05, 0) is 42.3 Å². The molecule has 3 atom stereocenters. The summed E-state index contributed by atoms with van der Waals surface area (Å²) in [7, 11) is -1.83. The molecular weight excluding hydrogens is 390 g/mol. The lowest BCUT2D eigenvalue weighted by molar-refractivity contribution is 0.0237. The molecule has 2 aliphatic rings. The van der Waals surface area contributed by atoms with Crippen molar-refractivity contribution in [2.24, 2.45) is 0 Å². The Morgan fingerprint density at radius 1 is 1.14 bits per heavy atom. The van der Waals surface area contributed by atoms with E-state index < -0.39 is 27.3 Å². The average Bonchev–Trinajstić information content (AvgIpc) is 3.01. The lowest BCUT2D eigenvalue weighted by atomic mass is 9.82. The van der Waals surface area contributed by atoms with Crippen LogP contribution in [-0.4, -0.2) is 39.4 Å². The van der Waals surface area contributed by atoms with Crippen LogP contribution in [0.2, 0.25) is 0 Å². The van der Waals surface area contributed by atoms with Gasteiger partial charge in [-0.3, -0.25) is 0 Å². The first kappa shape index (κ1) is 19.7. The largest absolute Gasteiger partial charge is 0.497 e. The molecule has 3 unspecified atom stereocenters. The fourth-order valence-corrected chi connectivity index (χ4v) is 5.55. The van der Waals surface area contributed by atoms with Crippen LogP contribution < -0.4 is 9.46 Å². The number of rotatable bonds is 4. The van der Waals surface area contributed by atoms with Crippen LogP contribution in [0.5, 0.6) is 5.75 Å². The van der Waals surface area contributed by atoms with Gasteiger partial charge in [0.05, 0.1) is 12.7 Å². The van der Waals surface area contributed by atoms with E-state index in [9.17, 15) is 13.2 Å². The van der Waals surface area contributed by atoms with E-state index in [-0.39, 0.29) is 12.3 Å². The molecule has 1 heterocycles. The van der Waals surface area contributed by atoms with E-state index in [0.717, 1.165) is 22.4 Å². The Labute approximate surface area is 170 Å². The summed E-state index contributed by atoms with van der Waals surface area (Å²) >= 11 is 0. The van der Waals surface area contributed by atoms with Crippen molar-refractivity contribution in [1.29, 1.82) is 0 Å². The highest BCUT2D eigenvalue weighted by Gasteiger charge is 2.44. The number of hydrogen-bond acceptors (Lipinski definition) is 5. The number of aryl methyl sites for hydroxylation is 1. The van der Waals surface area contributed by atoms with Crippen LogP contribution >= 0.6 is 0 Å². The van der Waals surface area contributed by atoms with Gasteiger partial charge in [-0.2, -0.15) is 0 Å². The third-order valence-corrected chi connectivity index (χ3v) is 7.31. The second kappa shape index (κ2) is 7.65. The molecule has 1 fully saturated rings. The summed E-state index contributed by atoms with van der Waals surface area (Å²) < 4.78 is 38.4. The van der Waals surface area contributed by atoms with Crippen molar-refractivity contribution < 1.29 is 22.7 Å². The van der Waals surface area contributed by atoms with Gasteiger partial charge in [-0.15, -0.1) is 0 Å². The van der Waals surface area contributed by atoms with Crippen LogP contribution in [0.25, 0.3) is 0 Å². The van der Waals surface area contributed by atoms with E-state index in [2.05, 4.69) is 4.72 Å². The number of carbonyl (C=O) groups excluding carboxylic acids is 1. The van der Waals surface area contributed by atoms with E-state index >= 15 is 0 Å². The summed E-state index contributed by atoms with van der Waals surface area (Å²) in [5.41, 5.74) is 3.19. The minimum Gasteiger partial charge on any atom is -0.497 e. The number of esters is 1. The lowest BCUT2D eigenvalue weighted by Crippen LogP contribution is -2.36. The highest BCUT2D eigenvalue weighted by molar-refractivity contribution is 7.90. The smallest absolute Gasteiger partial charge is 0.338 e. The second-order valence-corrected chi connectivity index (χ2v) is 9.39. The Kier molecular flexibility index (Phi) is 5.19. The minimum absolute atomic E-state index is 0.226. The van der Waals surface area contributed by atoms with Gasteiger partial charge in [-0.25, -0.2) is 17.9 Å². The molecule has 2 aromatic carbocycles. The van der Waals surface area contributed by atoms with Crippen molar-refractivity contribution in [2.75, 3.05) is 13.7 Å². The molecule has 0 bridgehead atoms. The van der Waals surface area contributed by atoms with Crippen molar-refractivity contribution in [2.45, 2.75) is 30.6 Å². The minimum atomic E-state index is -3.43. The predicted molar refractivity (Wildman–Crippen MR) is 110 cm³/mol. The van der Waals surface area contributed by atoms with E-state index in [0.29, 0.717) is 12.1 Å². The molecule has 1 saturated heterocycles. The standard InChI is InChI=1S/C22H23NO5S/c1-14-4-3-5-16(10-14)22(24)28-20-12-21-17(13-23-29(21,25)26)11-19(20)15-6-8-18(27-2)9-7-15/h3-11,19-21,23H,12-13H2,1-2H3. The van der Waals surface area contributed by atoms with Crippen LogP contribution in [0, 0.1) is 6.92 Å². The van der Waals surface area contributed by atoms with Crippen LogP contribution in [0.15, 0.2) is 60.2 Å². The molecule has 0 amide bonds. The van der Waals surface area contributed by atoms with Gasteiger partial charge < -0.3 is 9.47 Å². The lowest BCUT2D eigenvalue weighted by Gasteiger charge is -2.32. The van der Waals surface area contributed by atoms with Crippen molar-refractivity contribution >= 4 is 16.0 Å². The molecule has 6 nitrogen and oxygen atoms in total. The quantitative estimate of drug-likeness (QED) is 0.616. The maximum atomic E-state index is 12.8. The molecule has 7 heteroatoms.